The van der Waals surface area contributed by atoms with Gasteiger partial charge in [-0.15, -0.1) is 0 Å². The van der Waals surface area contributed by atoms with E-state index in [1.165, 1.54) is 42.6 Å². The molecule has 12 heteroatoms. The minimum Gasteiger partial charge on any atom is -0.325 e. The third-order valence-electron chi connectivity index (χ3n) is 5.72. The molecule has 4 aromatic rings. The van der Waals surface area contributed by atoms with E-state index in [1.807, 2.05) is 13.0 Å². The number of rotatable bonds is 9. The third-order valence-corrected chi connectivity index (χ3v) is 8.84. The molecule has 0 atom stereocenters. The Balaban J connectivity index is 1.55. The molecule has 0 bridgehead atoms. The number of amides is 1. The summed E-state index contributed by atoms with van der Waals surface area (Å²) in [5, 5.41) is 2.65. The molecule has 0 spiro atoms. The summed E-state index contributed by atoms with van der Waals surface area (Å²) in [7, 11) is -8.03. The molecule has 10 nitrogen and oxygen atoms in total. The second-order valence-corrected chi connectivity index (χ2v) is 12.4. The number of benzene rings is 3. The number of nitrogens with one attached hydrogen (secondary N) is 2. The number of carbonyl (C=O) groups is 1. The summed E-state index contributed by atoms with van der Waals surface area (Å²) >= 11 is 0. The predicted molar refractivity (Wildman–Crippen MR) is 150 cm³/mol. The first-order valence-corrected chi connectivity index (χ1v) is 14.8. The van der Waals surface area contributed by atoms with Gasteiger partial charge in [0.25, 0.3) is 20.0 Å². The molecule has 0 saturated heterocycles. The normalized spacial score (nSPS) is 11.6. The molecular formula is C27H27N5O5S2. The molecule has 0 fully saturated rings. The van der Waals surface area contributed by atoms with Gasteiger partial charge in [-0.25, -0.2) is 31.5 Å². The van der Waals surface area contributed by atoms with Crippen LogP contribution in [0.15, 0.2) is 94.9 Å². The smallest absolute Gasteiger partial charge is 0.264 e. The van der Waals surface area contributed by atoms with E-state index < -0.39 is 32.5 Å². The fraction of sp³-hybridized carbons (Fsp3) is 0.148. The number of anilines is 3. The lowest BCUT2D eigenvalue weighted by Crippen LogP contribution is -2.38. The van der Waals surface area contributed by atoms with Crippen molar-refractivity contribution in [1.29, 1.82) is 0 Å². The molecule has 0 aliphatic carbocycles. The topological polar surface area (TPSA) is 138 Å². The van der Waals surface area contributed by atoms with Crippen molar-refractivity contribution < 1.29 is 21.6 Å². The van der Waals surface area contributed by atoms with Crippen LogP contribution in [0.2, 0.25) is 0 Å². The Hall–Kier alpha value is -4.29. The summed E-state index contributed by atoms with van der Waals surface area (Å²) in [6.07, 6.45) is 1.44. The van der Waals surface area contributed by atoms with Crippen LogP contribution in [0.3, 0.4) is 0 Å². The molecule has 1 aromatic heterocycles. The molecule has 3 aromatic carbocycles. The van der Waals surface area contributed by atoms with Crippen LogP contribution in [0.4, 0.5) is 17.3 Å². The van der Waals surface area contributed by atoms with E-state index in [0.29, 0.717) is 22.6 Å². The van der Waals surface area contributed by atoms with E-state index >= 15 is 0 Å². The third kappa shape index (κ3) is 6.59. The van der Waals surface area contributed by atoms with Crippen LogP contribution < -0.4 is 14.3 Å². The SMILES string of the molecule is Cc1ccc(C)c(N(CC(=O)Nc2ccc(S(=O)(=O)Nc3nccc(C)n3)cc2)S(=O)(=O)c2ccccc2)c1. The van der Waals surface area contributed by atoms with Gasteiger partial charge >= 0.3 is 0 Å². The molecule has 39 heavy (non-hydrogen) atoms. The maximum absolute atomic E-state index is 13.6. The number of hydrogen-bond acceptors (Lipinski definition) is 7. The zero-order valence-electron chi connectivity index (χ0n) is 21.5. The molecule has 2 N–H and O–H groups in total. The van der Waals surface area contributed by atoms with Crippen LogP contribution in [0.5, 0.6) is 0 Å². The van der Waals surface area contributed by atoms with Crippen molar-refractivity contribution >= 4 is 43.3 Å². The van der Waals surface area contributed by atoms with Crippen LogP contribution in [-0.4, -0.2) is 39.3 Å². The Bertz CT molecular complexity index is 1710. The lowest BCUT2D eigenvalue weighted by Gasteiger charge is -2.26. The van der Waals surface area contributed by atoms with Gasteiger partial charge in [0.1, 0.15) is 6.54 Å². The highest BCUT2D eigenvalue weighted by Gasteiger charge is 2.28. The number of hydrogen-bond donors (Lipinski definition) is 2. The maximum Gasteiger partial charge on any atom is 0.264 e. The van der Waals surface area contributed by atoms with Crippen molar-refractivity contribution in [2.75, 3.05) is 20.9 Å². The summed E-state index contributed by atoms with van der Waals surface area (Å²) in [6.45, 7) is 4.83. The van der Waals surface area contributed by atoms with Crippen molar-refractivity contribution in [2.24, 2.45) is 0 Å². The van der Waals surface area contributed by atoms with Gasteiger partial charge in [0, 0.05) is 17.6 Å². The van der Waals surface area contributed by atoms with Crippen molar-refractivity contribution in [3.8, 4) is 0 Å². The molecule has 0 radical (unpaired) electrons. The molecule has 1 heterocycles. The Morgan fingerprint density at radius 2 is 1.54 bits per heavy atom. The van der Waals surface area contributed by atoms with Crippen LogP contribution in [0.1, 0.15) is 16.8 Å². The van der Waals surface area contributed by atoms with Gasteiger partial charge in [-0.2, -0.15) is 0 Å². The average molecular weight is 566 g/mol. The minimum atomic E-state index is -4.07. The minimum absolute atomic E-state index is 0.0540. The number of carbonyl (C=O) groups excluding carboxylic acids is 1. The van der Waals surface area contributed by atoms with E-state index in [0.717, 1.165) is 9.87 Å². The quantitative estimate of drug-likeness (QED) is 0.312. The number of aryl methyl sites for hydroxylation is 3. The molecular weight excluding hydrogens is 538 g/mol. The highest BCUT2D eigenvalue weighted by Crippen LogP contribution is 2.28. The van der Waals surface area contributed by atoms with Crippen molar-refractivity contribution in [3.05, 3.63) is 102 Å². The summed E-state index contributed by atoms with van der Waals surface area (Å²) < 4.78 is 55.9. The fourth-order valence-electron chi connectivity index (χ4n) is 3.73. The van der Waals surface area contributed by atoms with Gasteiger partial charge in [-0.3, -0.25) is 9.10 Å². The summed E-state index contributed by atoms with van der Waals surface area (Å²) in [5.41, 5.74) is 2.81. The van der Waals surface area contributed by atoms with Crippen molar-refractivity contribution in [1.82, 2.24) is 9.97 Å². The lowest BCUT2D eigenvalue weighted by molar-refractivity contribution is -0.114. The van der Waals surface area contributed by atoms with Gasteiger partial charge in [0.15, 0.2) is 0 Å². The van der Waals surface area contributed by atoms with Crippen LogP contribution in [0.25, 0.3) is 0 Å². The Kier molecular flexibility index (Phi) is 7.98. The van der Waals surface area contributed by atoms with E-state index in [-0.39, 0.29) is 15.7 Å². The molecule has 0 unspecified atom stereocenters. The van der Waals surface area contributed by atoms with Crippen LogP contribution in [0, 0.1) is 20.8 Å². The largest absolute Gasteiger partial charge is 0.325 e. The van der Waals surface area contributed by atoms with Crippen LogP contribution >= 0.6 is 0 Å². The first-order chi connectivity index (χ1) is 18.5. The average Bonchev–Trinajstić information content (AvgIpc) is 2.89. The fourth-order valence-corrected chi connectivity index (χ4v) is 6.18. The molecule has 202 valence electrons. The Labute approximate surface area is 227 Å². The summed E-state index contributed by atoms with van der Waals surface area (Å²) in [5.74, 6) is -0.657. The van der Waals surface area contributed by atoms with E-state index in [9.17, 15) is 21.6 Å². The van der Waals surface area contributed by atoms with E-state index in [2.05, 4.69) is 20.0 Å². The van der Waals surface area contributed by atoms with Crippen LogP contribution in [-0.2, 0) is 24.8 Å². The van der Waals surface area contributed by atoms with Gasteiger partial charge in [-0.1, -0.05) is 30.3 Å². The molecule has 0 saturated carbocycles. The van der Waals surface area contributed by atoms with Gasteiger partial charge in [0.2, 0.25) is 11.9 Å². The van der Waals surface area contributed by atoms with Crippen molar-refractivity contribution in [2.45, 2.75) is 30.6 Å². The Morgan fingerprint density at radius 3 is 2.21 bits per heavy atom. The zero-order chi connectivity index (χ0) is 28.2. The second kappa shape index (κ2) is 11.2. The molecule has 0 aliphatic rings. The first-order valence-electron chi connectivity index (χ1n) is 11.8. The second-order valence-electron chi connectivity index (χ2n) is 8.81. The van der Waals surface area contributed by atoms with Gasteiger partial charge in [-0.05, 0) is 80.4 Å². The Morgan fingerprint density at radius 1 is 0.846 bits per heavy atom. The monoisotopic (exact) mass is 565 g/mol. The highest BCUT2D eigenvalue weighted by atomic mass is 32.2. The summed E-state index contributed by atoms with van der Waals surface area (Å²) in [6, 6.07) is 20.4. The highest BCUT2D eigenvalue weighted by molar-refractivity contribution is 7.93. The van der Waals surface area contributed by atoms with Gasteiger partial charge in [0.05, 0.1) is 15.5 Å². The molecule has 4 rings (SSSR count). The predicted octanol–water partition coefficient (Wildman–Crippen LogP) is 4.04. The lowest BCUT2D eigenvalue weighted by atomic mass is 10.1. The first kappa shape index (κ1) is 27.7. The zero-order valence-corrected chi connectivity index (χ0v) is 23.1. The number of sulfonamides is 2. The molecule has 1 amide bonds. The van der Waals surface area contributed by atoms with Gasteiger partial charge < -0.3 is 5.32 Å². The van der Waals surface area contributed by atoms with E-state index in [1.54, 1.807) is 50.2 Å². The standard InChI is InChI=1S/C27H27N5O5S2/c1-19-9-10-20(2)25(17-19)32(39(36,37)24-7-5-4-6-8-24)18-26(33)30-22-11-13-23(14-12-22)38(34,35)31-27-28-16-15-21(3)29-27/h4-17H,18H2,1-3H3,(H,30,33)(H,28,29,31). The van der Waals surface area contributed by atoms with E-state index in [4.69, 9.17) is 0 Å². The molecule has 0 aliphatic heterocycles. The number of nitrogens with zero attached hydrogens (tertiary/aromatic N) is 3. The number of aromatic nitrogens is 2. The maximum atomic E-state index is 13.6. The van der Waals surface area contributed by atoms with Crippen molar-refractivity contribution in [3.63, 3.8) is 0 Å². The summed E-state index contributed by atoms with van der Waals surface area (Å²) in [4.78, 5) is 21.0.